The molecule has 1 unspecified atom stereocenters. The summed E-state index contributed by atoms with van der Waals surface area (Å²) in [5.41, 5.74) is 0.141. The van der Waals surface area contributed by atoms with Crippen LogP contribution in [0.2, 0.25) is 0 Å². The van der Waals surface area contributed by atoms with Crippen molar-refractivity contribution in [3.8, 4) is 0 Å². The Hall–Kier alpha value is 0.500. The van der Waals surface area contributed by atoms with Gasteiger partial charge < -0.3 is 9.05 Å². The average Bonchev–Trinajstić information content (AvgIpc) is 2.40. The Morgan fingerprint density at radius 1 is 1.11 bits per heavy atom. The molecule has 3 nitrogen and oxygen atoms in total. The maximum atomic E-state index is 12.7. The fourth-order valence-corrected chi connectivity index (χ4v) is 5.31. The third kappa shape index (κ3) is 5.64. The van der Waals surface area contributed by atoms with E-state index in [0.717, 1.165) is 37.2 Å². The van der Waals surface area contributed by atoms with E-state index in [1.165, 1.54) is 12.8 Å². The van der Waals surface area contributed by atoms with Gasteiger partial charge in [0.1, 0.15) is 0 Å². The van der Waals surface area contributed by atoms with Crippen LogP contribution in [0.25, 0.3) is 0 Å². The van der Waals surface area contributed by atoms with Gasteiger partial charge in [0.25, 0.3) is 0 Å². The van der Waals surface area contributed by atoms with Crippen LogP contribution in [0, 0.1) is 0 Å². The minimum atomic E-state index is -2.86. The van der Waals surface area contributed by atoms with Gasteiger partial charge in [0, 0.05) is 5.75 Å². The monoisotopic (exact) mass is 294 g/mol. The Balaban J connectivity index is 2.38. The van der Waals surface area contributed by atoms with E-state index in [-0.39, 0.29) is 5.66 Å². The van der Waals surface area contributed by atoms with E-state index < -0.39 is 7.60 Å². The fraction of sp³-hybridized carbons (Fsp3) is 1.00. The van der Waals surface area contributed by atoms with Crippen LogP contribution in [0.4, 0.5) is 0 Å². The summed E-state index contributed by atoms with van der Waals surface area (Å²) >= 11 is 1.86. The molecule has 1 fully saturated rings. The van der Waals surface area contributed by atoms with Crippen molar-refractivity contribution in [2.45, 2.75) is 58.0 Å². The number of thioether (sulfide) groups is 1. The highest BCUT2D eigenvalue weighted by Crippen LogP contribution is 2.57. The first kappa shape index (κ1) is 16.6. The Labute approximate surface area is 116 Å². The second-order valence-corrected chi connectivity index (χ2v) is 8.25. The number of hydrogen-bond acceptors (Lipinski definition) is 4. The van der Waals surface area contributed by atoms with Crippen molar-refractivity contribution in [1.82, 2.24) is 0 Å². The molecule has 0 N–H and O–H groups in total. The van der Waals surface area contributed by atoms with E-state index >= 15 is 0 Å². The molecule has 1 atom stereocenters. The lowest BCUT2D eigenvalue weighted by Gasteiger charge is -2.29. The summed E-state index contributed by atoms with van der Waals surface area (Å²) in [7, 11) is -2.86. The summed E-state index contributed by atoms with van der Waals surface area (Å²) < 4.78 is 23.9. The van der Waals surface area contributed by atoms with E-state index in [1.807, 2.05) is 18.7 Å². The molecular formula is C13H27O3PS. The molecule has 0 aromatic heterocycles. The Morgan fingerprint density at radius 3 is 2.44 bits per heavy atom. The summed E-state index contributed by atoms with van der Waals surface area (Å²) in [5.74, 6) is 2.06. The summed E-state index contributed by atoms with van der Waals surface area (Å²) in [6, 6.07) is 0. The molecule has 0 bridgehead atoms. The molecule has 108 valence electrons. The molecule has 18 heavy (non-hydrogen) atoms. The molecule has 0 spiro atoms. The van der Waals surface area contributed by atoms with Crippen LogP contribution in [0.15, 0.2) is 0 Å². The second kappa shape index (κ2) is 9.41. The molecule has 0 heterocycles. The van der Waals surface area contributed by atoms with Crippen LogP contribution in [0.1, 0.15) is 52.4 Å². The zero-order chi connectivity index (χ0) is 13.3. The highest BCUT2D eigenvalue weighted by Gasteiger charge is 2.36. The van der Waals surface area contributed by atoms with Crippen molar-refractivity contribution >= 4 is 19.4 Å². The average molecular weight is 294 g/mol. The summed E-state index contributed by atoms with van der Waals surface area (Å²) in [6.07, 6.45) is 6.76. The van der Waals surface area contributed by atoms with Crippen LogP contribution in [0.5, 0.6) is 0 Å². The topological polar surface area (TPSA) is 35.5 Å². The summed E-state index contributed by atoms with van der Waals surface area (Å²) in [4.78, 5) is 0. The van der Waals surface area contributed by atoms with E-state index in [0.29, 0.717) is 13.2 Å². The first-order valence-corrected chi connectivity index (χ1v) is 9.96. The maximum Gasteiger partial charge on any atom is 0.333 e. The molecule has 0 aromatic carbocycles. The predicted molar refractivity (Wildman–Crippen MR) is 79.7 cm³/mol. The third-order valence-corrected chi connectivity index (χ3v) is 6.90. The van der Waals surface area contributed by atoms with Gasteiger partial charge >= 0.3 is 7.60 Å². The van der Waals surface area contributed by atoms with Crippen molar-refractivity contribution in [1.29, 1.82) is 0 Å². The van der Waals surface area contributed by atoms with Gasteiger partial charge in [-0.25, -0.2) is 0 Å². The molecule has 0 aromatic rings. The lowest BCUT2D eigenvalue weighted by molar-refractivity contribution is 0.206. The smallest absolute Gasteiger partial charge is 0.309 e. The molecule has 5 heteroatoms. The van der Waals surface area contributed by atoms with Crippen molar-refractivity contribution < 1.29 is 13.6 Å². The molecule has 0 amide bonds. The number of rotatable bonds is 9. The predicted octanol–water partition coefficient (Wildman–Crippen LogP) is 4.71. The molecule has 1 aliphatic rings. The largest absolute Gasteiger partial charge is 0.333 e. The normalized spacial score (nSPS) is 20.8. The summed E-state index contributed by atoms with van der Waals surface area (Å²) in [5, 5.41) is 0. The Morgan fingerprint density at radius 2 is 1.83 bits per heavy atom. The van der Waals surface area contributed by atoms with E-state index in [9.17, 15) is 4.57 Å². The maximum absolute atomic E-state index is 12.7. The van der Waals surface area contributed by atoms with Gasteiger partial charge in [-0.15, -0.1) is 0 Å². The SMILES string of the molecule is CCCSCCOP(=O)(OCC)C1CCCCC1. The van der Waals surface area contributed by atoms with Crippen molar-refractivity contribution in [3.05, 3.63) is 0 Å². The van der Waals surface area contributed by atoms with Crippen LogP contribution >= 0.6 is 19.4 Å². The Kier molecular flexibility index (Phi) is 8.66. The first-order chi connectivity index (χ1) is 8.73. The second-order valence-electron chi connectivity index (χ2n) is 4.70. The van der Waals surface area contributed by atoms with Gasteiger partial charge in [0.05, 0.1) is 18.9 Å². The van der Waals surface area contributed by atoms with E-state index in [4.69, 9.17) is 9.05 Å². The molecule has 0 saturated heterocycles. The van der Waals surface area contributed by atoms with E-state index in [1.54, 1.807) is 0 Å². The minimum absolute atomic E-state index is 0.141. The standard InChI is InChI=1S/C13H27O3PS/c1-3-11-18-12-10-16-17(14,15-4-2)13-8-6-5-7-9-13/h13H,3-12H2,1-2H3. The lowest BCUT2D eigenvalue weighted by Crippen LogP contribution is -2.17. The highest BCUT2D eigenvalue weighted by molar-refractivity contribution is 7.99. The molecule has 1 saturated carbocycles. The van der Waals surface area contributed by atoms with Crippen LogP contribution in [-0.2, 0) is 13.6 Å². The quantitative estimate of drug-likeness (QED) is 0.456. The third-order valence-electron chi connectivity index (χ3n) is 3.18. The van der Waals surface area contributed by atoms with Crippen LogP contribution in [-0.4, -0.2) is 30.4 Å². The van der Waals surface area contributed by atoms with E-state index in [2.05, 4.69) is 6.92 Å². The molecule has 0 aliphatic heterocycles. The summed E-state index contributed by atoms with van der Waals surface area (Å²) in [6.45, 7) is 5.10. The van der Waals surface area contributed by atoms with Gasteiger partial charge in [-0.3, -0.25) is 4.57 Å². The molecule has 1 aliphatic carbocycles. The number of hydrogen-bond donors (Lipinski definition) is 0. The van der Waals surface area contributed by atoms with Gasteiger partial charge in [0.2, 0.25) is 0 Å². The van der Waals surface area contributed by atoms with Crippen LogP contribution in [0.3, 0.4) is 0 Å². The Bertz CT molecular complexity index is 255. The first-order valence-electron chi connectivity index (χ1n) is 7.19. The van der Waals surface area contributed by atoms with Crippen molar-refractivity contribution in [2.24, 2.45) is 0 Å². The van der Waals surface area contributed by atoms with Gasteiger partial charge in [-0.05, 0) is 31.9 Å². The van der Waals surface area contributed by atoms with Gasteiger partial charge in [-0.1, -0.05) is 26.2 Å². The zero-order valence-corrected chi connectivity index (χ0v) is 13.4. The lowest BCUT2D eigenvalue weighted by atomic mass is 10.0. The highest BCUT2D eigenvalue weighted by atomic mass is 32.2. The van der Waals surface area contributed by atoms with Crippen molar-refractivity contribution in [3.63, 3.8) is 0 Å². The molecule has 1 rings (SSSR count). The van der Waals surface area contributed by atoms with Gasteiger partial charge in [-0.2, -0.15) is 11.8 Å². The molecular weight excluding hydrogens is 267 g/mol. The molecule has 0 radical (unpaired) electrons. The zero-order valence-electron chi connectivity index (χ0n) is 11.7. The van der Waals surface area contributed by atoms with Gasteiger partial charge in [0.15, 0.2) is 0 Å². The van der Waals surface area contributed by atoms with Crippen LogP contribution < -0.4 is 0 Å². The van der Waals surface area contributed by atoms with Crippen molar-refractivity contribution in [2.75, 3.05) is 24.7 Å². The fourth-order valence-electron chi connectivity index (χ4n) is 2.30. The minimum Gasteiger partial charge on any atom is -0.309 e.